The second-order valence-electron chi connectivity index (χ2n) is 12.4. The van der Waals surface area contributed by atoms with Crippen LogP contribution in [0.1, 0.15) is 103 Å². The predicted octanol–water partition coefficient (Wildman–Crippen LogP) is 7.30. The molecule has 2 unspecified atom stereocenters. The number of rotatable bonds is 5. The predicted molar refractivity (Wildman–Crippen MR) is 142 cm³/mol. The highest BCUT2D eigenvalue weighted by Crippen LogP contribution is 2.51. The third-order valence-corrected chi connectivity index (χ3v) is 9.57. The van der Waals surface area contributed by atoms with Gasteiger partial charge in [-0.15, -0.1) is 0 Å². The van der Waals surface area contributed by atoms with Crippen LogP contribution in [0.5, 0.6) is 0 Å². The van der Waals surface area contributed by atoms with Crippen molar-refractivity contribution in [2.24, 2.45) is 0 Å². The van der Waals surface area contributed by atoms with E-state index in [0.29, 0.717) is 0 Å². The van der Waals surface area contributed by atoms with Gasteiger partial charge in [0.25, 0.3) is 5.65 Å². The Labute approximate surface area is 204 Å². The van der Waals surface area contributed by atoms with Crippen LogP contribution in [0.4, 0.5) is 0 Å². The molecule has 3 nitrogen and oxygen atoms in total. The molecule has 2 aliphatic rings. The summed E-state index contributed by atoms with van der Waals surface area (Å²) in [5.41, 5.74) is 11.2. The van der Waals surface area contributed by atoms with Crippen LogP contribution in [0.2, 0.25) is 0 Å². The van der Waals surface area contributed by atoms with Crippen LogP contribution >= 0.6 is 0 Å². The average molecular weight is 455 g/mol. The molecule has 0 N–H and O–H groups in total. The molecule has 2 aliphatic heterocycles. The molecule has 0 fully saturated rings. The van der Waals surface area contributed by atoms with Gasteiger partial charge in [-0.05, 0) is 73.9 Å². The standard InChI is InChI=1S/C31H40N3/c1-8-10-11-12-20-17-24-25-18-21(20)13-15-31(7)30(6,9-2)22-19-26(29(3,4)5)32-23-14-16-33(24)28(27(22)23)34(25)31/h14,16-19H,8-13,15H2,1-7H3/q+1. The fourth-order valence-electron chi connectivity index (χ4n) is 7.04. The molecule has 0 saturated heterocycles. The number of pyridine rings is 2. The molecule has 0 spiro atoms. The number of nitrogens with zero attached hydrogens (tertiary/aromatic N) is 3. The summed E-state index contributed by atoms with van der Waals surface area (Å²) in [5, 5.41) is 1.37. The minimum Gasteiger partial charge on any atom is -0.252 e. The van der Waals surface area contributed by atoms with Gasteiger partial charge < -0.3 is 0 Å². The molecule has 0 saturated carbocycles. The van der Waals surface area contributed by atoms with Crippen molar-refractivity contribution in [3.8, 4) is 0 Å². The minimum absolute atomic E-state index is 0.0172. The van der Waals surface area contributed by atoms with Gasteiger partial charge in [0.2, 0.25) is 0 Å². The molecule has 3 heteroatoms. The van der Waals surface area contributed by atoms with E-state index in [1.807, 2.05) is 0 Å². The molecule has 2 bridgehead atoms. The lowest BCUT2D eigenvalue weighted by Gasteiger charge is -2.47. The molecule has 178 valence electrons. The van der Waals surface area contributed by atoms with Gasteiger partial charge in [-0.25, -0.2) is 4.57 Å². The molecule has 34 heavy (non-hydrogen) atoms. The molecule has 0 amide bonds. The quantitative estimate of drug-likeness (QED) is 0.229. The number of benzene rings is 1. The Morgan fingerprint density at radius 3 is 2.59 bits per heavy atom. The largest absolute Gasteiger partial charge is 0.297 e. The molecular weight excluding hydrogens is 414 g/mol. The summed E-state index contributed by atoms with van der Waals surface area (Å²) in [4.78, 5) is 5.23. The average Bonchev–Trinajstić information content (AvgIpc) is 3.07. The first-order valence-electron chi connectivity index (χ1n) is 13.5. The first-order chi connectivity index (χ1) is 16.1. The second-order valence-corrected chi connectivity index (χ2v) is 12.4. The van der Waals surface area contributed by atoms with E-state index in [0.717, 1.165) is 11.9 Å². The Bertz CT molecular complexity index is 1470. The fraction of sp³-hybridized carbons (Fsp3) is 0.548. The fourth-order valence-corrected chi connectivity index (χ4v) is 7.04. The summed E-state index contributed by atoms with van der Waals surface area (Å²) in [7, 11) is 0. The van der Waals surface area contributed by atoms with E-state index < -0.39 is 0 Å². The van der Waals surface area contributed by atoms with Crippen molar-refractivity contribution < 1.29 is 4.57 Å². The van der Waals surface area contributed by atoms with Crippen LogP contribution in [0, 0.1) is 0 Å². The number of unbranched alkanes of at least 4 members (excludes halogenated alkanes) is 2. The second kappa shape index (κ2) is 7.06. The molecule has 5 heterocycles. The Morgan fingerprint density at radius 2 is 1.88 bits per heavy atom. The number of aryl methyl sites for hydroxylation is 2. The van der Waals surface area contributed by atoms with Crippen LogP contribution in [0.25, 0.3) is 27.6 Å². The van der Waals surface area contributed by atoms with Gasteiger partial charge in [0.15, 0.2) is 11.0 Å². The first kappa shape index (κ1) is 22.1. The lowest BCUT2D eigenvalue weighted by Crippen LogP contribution is -2.66. The zero-order valence-corrected chi connectivity index (χ0v) is 22.2. The van der Waals surface area contributed by atoms with Crippen molar-refractivity contribution in [3.63, 3.8) is 0 Å². The van der Waals surface area contributed by atoms with E-state index in [1.165, 1.54) is 71.8 Å². The van der Waals surface area contributed by atoms with E-state index in [-0.39, 0.29) is 16.4 Å². The maximum absolute atomic E-state index is 5.23. The molecule has 0 radical (unpaired) electrons. The zero-order chi connectivity index (χ0) is 24.0. The van der Waals surface area contributed by atoms with Crippen molar-refractivity contribution in [2.45, 2.75) is 110 Å². The maximum Gasteiger partial charge on any atom is 0.297 e. The number of hydrogen-bond donors (Lipinski definition) is 0. The van der Waals surface area contributed by atoms with Crippen LogP contribution in [-0.2, 0) is 29.2 Å². The number of aromatic nitrogens is 3. The lowest BCUT2D eigenvalue weighted by atomic mass is 9.61. The molecule has 1 aromatic carbocycles. The van der Waals surface area contributed by atoms with E-state index in [2.05, 4.69) is 87.9 Å². The first-order valence-corrected chi connectivity index (χ1v) is 13.5. The Hall–Kier alpha value is -2.42. The van der Waals surface area contributed by atoms with Crippen molar-refractivity contribution in [1.29, 1.82) is 0 Å². The smallest absolute Gasteiger partial charge is 0.252 e. The summed E-state index contributed by atoms with van der Waals surface area (Å²) in [5.74, 6) is 0. The van der Waals surface area contributed by atoms with E-state index in [4.69, 9.17) is 4.98 Å². The topological polar surface area (TPSA) is 21.2 Å². The van der Waals surface area contributed by atoms with Crippen molar-refractivity contribution in [2.75, 3.05) is 0 Å². The Morgan fingerprint density at radius 1 is 1.09 bits per heavy atom. The van der Waals surface area contributed by atoms with Crippen LogP contribution in [0.15, 0.2) is 30.5 Å². The zero-order valence-electron chi connectivity index (χ0n) is 22.2. The number of hydrogen-bond acceptors (Lipinski definition) is 1. The summed E-state index contributed by atoms with van der Waals surface area (Å²) in [6.07, 6.45) is 10.8. The molecular formula is C31H40N3+. The van der Waals surface area contributed by atoms with Gasteiger partial charge in [0.05, 0.1) is 17.1 Å². The third kappa shape index (κ3) is 2.64. The normalized spacial score (nSPS) is 23.7. The van der Waals surface area contributed by atoms with E-state index in [1.54, 1.807) is 11.1 Å². The van der Waals surface area contributed by atoms with Gasteiger partial charge in [-0.1, -0.05) is 54.4 Å². The molecule has 6 rings (SSSR count). The van der Waals surface area contributed by atoms with E-state index >= 15 is 0 Å². The highest BCUT2D eigenvalue weighted by molar-refractivity contribution is 5.98. The molecule has 2 atom stereocenters. The van der Waals surface area contributed by atoms with Crippen molar-refractivity contribution >= 4 is 27.6 Å². The molecule has 0 aliphatic carbocycles. The van der Waals surface area contributed by atoms with Gasteiger partial charge in [-0.3, -0.25) is 4.98 Å². The van der Waals surface area contributed by atoms with Gasteiger partial charge in [-0.2, -0.15) is 4.40 Å². The van der Waals surface area contributed by atoms with Gasteiger partial charge in [0, 0.05) is 22.6 Å². The number of imidazole rings is 1. The highest BCUT2D eigenvalue weighted by atomic mass is 15.2. The Kier molecular flexibility index (Phi) is 4.58. The SMILES string of the molecule is CCCCCc1cc2c3cc1CCC1(C)[n+]3c3c4c(cc(C(C)(C)C)nc4ccn23)C1(C)CC. The van der Waals surface area contributed by atoms with Crippen LogP contribution < -0.4 is 4.57 Å². The maximum atomic E-state index is 5.23. The van der Waals surface area contributed by atoms with Crippen molar-refractivity contribution in [3.05, 3.63) is 52.8 Å². The lowest BCUT2D eigenvalue weighted by molar-refractivity contribution is -0.728. The monoisotopic (exact) mass is 454 g/mol. The molecule has 4 aromatic rings. The minimum atomic E-state index is 0.0172. The van der Waals surface area contributed by atoms with Crippen molar-refractivity contribution in [1.82, 2.24) is 9.38 Å². The third-order valence-electron chi connectivity index (χ3n) is 9.57. The van der Waals surface area contributed by atoms with Crippen LogP contribution in [0.3, 0.4) is 0 Å². The Balaban J connectivity index is 1.77. The summed E-state index contributed by atoms with van der Waals surface area (Å²) >= 11 is 0. The summed E-state index contributed by atoms with van der Waals surface area (Å²) < 4.78 is 5.21. The highest BCUT2D eigenvalue weighted by Gasteiger charge is 2.56. The van der Waals surface area contributed by atoms with E-state index in [9.17, 15) is 0 Å². The summed E-state index contributed by atoms with van der Waals surface area (Å²) in [6.45, 7) is 16.6. The van der Waals surface area contributed by atoms with Gasteiger partial charge >= 0.3 is 0 Å². The number of fused-ring (bicyclic) bond motifs is 2. The summed E-state index contributed by atoms with van der Waals surface area (Å²) in [6, 6.07) is 9.79. The van der Waals surface area contributed by atoms with Crippen LogP contribution in [-0.4, -0.2) is 9.38 Å². The van der Waals surface area contributed by atoms with Gasteiger partial charge in [0.1, 0.15) is 5.54 Å². The molecule has 3 aromatic heterocycles.